The molecular formula is C13H23NO4. The first kappa shape index (κ1) is 15.0. The van der Waals surface area contributed by atoms with Crippen molar-refractivity contribution in [3.05, 3.63) is 0 Å². The quantitative estimate of drug-likeness (QED) is 0.774. The first-order valence-electron chi connectivity index (χ1n) is 6.46. The highest BCUT2D eigenvalue weighted by Gasteiger charge is 2.45. The van der Waals surface area contributed by atoms with E-state index in [-0.39, 0.29) is 24.0 Å². The van der Waals surface area contributed by atoms with Gasteiger partial charge in [-0.05, 0) is 5.92 Å². The van der Waals surface area contributed by atoms with Crippen LogP contribution in [0.1, 0.15) is 41.0 Å². The summed E-state index contributed by atoms with van der Waals surface area (Å²) in [6.45, 7) is 9.00. The summed E-state index contributed by atoms with van der Waals surface area (Å²) in [5.74, 6) is -0.0604. The zero-order chi connectivity index (χ0) is 13.9. The van der Waals surface area contributed by atoms with Gasteiger partial charge >= 0.3 is 5.97 Å². The second kappa shape index (κ2) is 6.18. The van der Waals surface area contributed by atoms with E-state index in [9.17, 15) is 9.59 Å². The SMILES string of the molecule is CC[C@H](C)[C@H]1O[C@H](OC(C)=O)C(NC(C)=O)[C@@H]1C. The minimum absolute atomic E-state index is 0.00352. The number of nitrogens with one attached hydrogen (secondary N) is 1. The molecule has 5 heteroatoms. The Morgan fingerprint density at radius 1 is 1.39 bits per heavy atom. The van der Waals surface area contributed by atoms with Gasteiger partial charge in [0.25, 0.3) is 0 Å². The normalized spacial score (nSPS) is 32.9. The monoisotopic (exact) mass is 257 g/mol. The molecule has 104 valence electrons. The Bertz CT molecular complexity index is 318. The van der Waals surface area contributed by atoms with E-state index in [0.717, 1.165) is 6.42 Å². The lowest BCUT2D eigenvalue weighted by molar-refractivity contribution is -0.179. The van der Waals surface area contributed by atoms with Crippen LogP contribution in [0.5, 0.6) is 0 Å². The van der Waals surface area contributed by atoms with Crippen molar-refractivity contribution in [3.63, 3.8) is 0 Å². The maximum atomic E-state index is 11.2. The molecule has 1 N–H and O–H groups in total. The Hall–Kier alpha value is -1.10. The van der Waals surface area contributed by atoms with E-state index in [0.29, 0.717) is 5.92 Å². The molecule has 1 aliphatic heterocycles. The molecule has 1 unspecified atom stereocenters. The first-order chi connectivity index (χ1) is 8.36. The van der Waals surface area contributed by atoms with Crippen molar-refractivity contribution in [3.8, 4) is 0 Å². The van der Waals surface area contributed by atoms with Crippen LogP contribution >= 0.6 is 0 Å². The van der Waals surface area contributed by atoms with Crippen LogP contribution in [-0.2, 0) is 19.1 Å². The lowest BCUT2D eigenvalue weighted by Gasteiger charge is -2.22. The molecule has 1 fully saturated rings. The Balaban J connectivity index is 2.80. The van der Waals surface area contributed by atoms with Crippen LogP contribution in [0, 0.1) is 11.8 Å². The highest BCUT2D eigenvalue weighted by molar-refractivity contribution is 5.73. The fraction of sp³-hybridized carbons (Fsp3) is 0.846. The van der Waals surface area contributed by atoms with Crippen LogP contribution in [0.25, 0.3) is 0 Å². The van der Waals surface area contributed by atoms with Gasteiger partial charge in [0, 0.05) is 19.8 Å². The van der Waals surface area contributed by atoms with Crippen molar-refractivity contribution in [2.45, 2.75) is 59.5 Å². The lowest BCUT2D eigenvalue weighted by atomic mass is 9.89. The van der Waals surface area contributed by atoms with Gasteiger partial charge in [0.05, 0.1) is 12.1 Å². The standard InChI is InChI=1S/C13H23NO4/c1-6-7(2)12-8(3)11(14-9(4)15)13(18-12)17-10(5)16/h7-8,11-13H,6H2,1-5H3,(H,14,15)/t7-,8-,11?,12+,13-/m0/s1. The summed E-state index contributed by atoms with van der Waals surface area (Å²) in [5.41, 5.74) is 0. The number of esters is 1. The molecule has 5 nitrogen and oxygen atoms in total. The zero-order valence-electron chi connectivity index (χ0n) is 11.7. The van der Waals surface area contributed by atoms with Crippen molar-refractivity contribution in [1.29, 1.82) is 0 Å². The Morgan fingerprint density at radius 3 is 2.44 bits per heavy atom. The van der Waals surface area contributed by atoms with Crippen molar-refractivity contribution in [2.75, 3.05) is 0 Å². The molecule has 0 aliphatic carbocycles. The number of carbonyl (C=O) groups excluding carboxylic acids is 2. The fourth-order valence-electron chi connectivity index (χ4n) is 2.40. The lowest BCUT2D eigenvalue weighted by Crippen LogP contribution is -2.44. The van der Waals surface area contributed by atoms with Gasteiger partial charge in [-0.15, -0.1) is 0 Å². The van der Waals surface area contributed by atoms with Crippen molar-refractivity contribution < 1.29 is 19.1 Å². The van der Waals surface area contributed by atoms with Gasteiger partial charge in [-0.2, -0.15) is 0 Å². The van der Waals surface area contributed by atoms with E-state index >= 15 is 0 Å². The molecule has 0 radical (unpaired) electrons. The molecule has 1 amide bonds. The predicted molar refractivity (Wildman–Crippen MR) is 66.7 cm³/mol. The van der Waals surface area contributed by atoms with Crippen LogP contribution < -0.4 is 5.32 Å². The van der Waals surface area contributed by atoms with Crippen molar-refractivity contribution >= 4 is 11.9 Å². The predicted octanol–water partition coefficient (Wildman–Crippen LogP) is 1.46. The van der Waals surface area contributed by atoms with Crippen LogP contribution in [0.4, 0.5) is 0 Å². The molecule has 5 atom stereocenters. The highest BCUT2D eigenvalue weighted by Crippen LogP contribution is 2.33. The number of amides is 1. The smallest absolute Gasteiger partial charge is 0.305 e. The Morgan fingerprint density at radius 2 is 2.00 bits per heavy atom. The van der Waals surface area contributed by atoms with Gasteiger partial charge in [-0.3, -0.25) is 9.59 Å². The van der Waals surface area contributed by atoms with Gasteiger partial charge < -0.3 is 14.8 Å². The minimum atomic E-state index is -0.680. The second-order valence-electron chi connectivity index (χ2n) is 5.05. The van der Waals surface area contributed by atoms with E-state index in [4.69, 9.17) is 9.47 Å². The van der Waals surface area contributed by atoms with Gasteiger partial charge in [-0.1, -0.05) is 27.2 Å². The summed E-state index contributed by atoms with van der Waals surface area (Å²) in [5, 5.41) is 2.81. The van der Waals surface area contributed by atoms with Crippen LogP contribution in [0.15, 0.2) is 0 Å². The molecule has 18 heavy (non-hydrogen) atoms. The third-order valence-electron chi connectivity index (χ3n) is 3.53. The fourth-order valence-corrected chi connectivity index (χ4v) is 2.40. The third-order valence-corrected chi connectivity index (χ3v) is 3.53. The molecule has 1 saturated heterocycles. The van der Waals surface area contributed by atoms with E-state index in [1.165, 1.54) is 13.8 Å². The summed E-state index contributed by atoms with van der Waals surface area (Å²) in [7, 11) is 0. The summed E-state index contributed by atoms with van der Waals surface area (Å²) in [4.78, 5) is 22.3. The van der Waals surface area contributed by atoms with Crippen LogP contribution in [0.2, 0.25) is 0 Å². The van der Waals surface area contributed by atoms with Gasteiger partial charge in [0.15, 0.2) is 0 Å². The van der Waals surface area contributed by atoms with E-state index in [2.05, 4.69) is 19.2 Å². The van der Waals surface area contributed by atoms with E-state index in [1.807, 2.05) is 6.92 Å². The van der Waals surface area contributed by atoms with Crippen LogP contribution in [-0.4, -0.2) is 30.3 Å². The second-order valence-corrected chi connectivity index (χ2v) is 5.05. The highest BCUT2D eigenvalue weighted by atomic mass is 16.7. The maximum Gasteiger partial charge on any atom is 0.305 e. The molecule has 1 heterocycles. The number of hydrogen-bond donors (Lipinski definition) is 1. The minimum Gasteiger partial charge on any atom is -0.434 e. The maximum absolute atomic E-state index is 11.2. The molecule has 0 aromatic carbocycles. The van der Waals surface area contributed by atoms with Crippen molar-refractivity contribution in [1.82, 2.24) is 5.32 Å². The molecule has 0 aromatic rings. The number of carbonyl (C=O) groups is 2. The molecular weight excluding hydrogens is 234 g/mol. The third kappa shape index (κ3) is 3.45. The average Bonchev–Trinajstić information content (AvgIpc) is 2.55. The summed E-state index contributed by atoms with van der Waals surface area (Å²) >= 11 is 0. The summed E-state index contributed by atoms with van der Waals surface area (Å²) < 4.78 is 10.9. The molecule has 0 spiro atoms. The van der Waals surface area contributed by atoms with Crippen molar-refractivity contribution in [2.24, 2.45) is 11.8 Å². The molecule has 0 bridgehead atoms. The molecule has 1 rings (SSSR count). The zero-order valence-corrected chi connectivity index (χ0v) is 11.7. The van der Waals surface area contributed by atoms with Gasteiger partial charge in [-0.25, -0.2) is 0 Å². The molecule has 1 aliphatic rings. The number of hydrogen-bond acceptors (Lipinski definition) is 4. The van der Waals surface area contributed by atoms with E-state index in [1.54, 1.807) is 0 Å². The number of rotatable bonds is 4. The van der Waals surface area contributed by atoms with Gasteiger partial charge in [0.1, 0.15) is 0 Å². The average molecular weight is 257 g/mol. The van der Waals surface area contributed by atoms with Crippen LogP contribution in [0.3, 0.4) is 0 Å². The molecule has 0 aromatic heterocycles. The Kier molecular flexibility index (Phi) is 5.14. The number of ether oxygens (including phenoxy) is 2. The Labute approximate surface area is 108 Å². The van der Waals surface area contributed by atoms with Gasteiger partial charge in [0.2, 0.25) is 12.2 Å². The van der Waals surface area contributed by atoms with E-state index < -0.39 is 12.3 Å². The topological polar surface area (TPSA) is 64.6 Å². The molecule has 0 saturated carbocycles. The largest absolute Gasteiger partial charge is 0.434 e. The summed E-state index contributed by atoms with van der Waals surface area (Å²) in [6.07, 6.45) is 0.297. The summed E-state index contributed by atoms with van der Waals surface area (Å²) in [6, 6.07) is -0.273. The first-order valence-corrected chi connectivity index (χ1v) is 6.46.